The summed E-state index contributed by atoms with van der Waals surface area (Å²) in [5.41, 5.74) is 8.98. The minimum atomic E-state index is -0.444. The van der Waals surface area contributed by atoms with Crippen LogP contribution in [0.2, 0.25) is 0 Å². The number of nitrogens with one attached hydrogen (secondary N) is 1. The summed E-state index contributed by atoms with van der Waals surface area (Å²) in [6.07, 6.45) is 0.904. The summed E-state index contributed by atoms with van der Waals surface area (Å²) in [5.74, 6) is 0.0882. The number of carbonyl (C=O) groups excluding carboxylic acids is 1. The summed E-state index contributed by atoms with van der Waals surface area (Å²) < 4.78 is 0. The molecule has 0 bridgehead atoms. The second-order valence-electron chi connectivity index (χ2n) is 4.78. The summed E-state index contributed by atoms with van der Waals surface area (Å²) in [5, 5.41) is 2.87. The van der Waals surface area contributed by atoms with E-state index in [1.54, 1.807) is 0 Å². The van der Waals surface area contributed by atoms with E-state index in [2.05, 4.69) is 11.4 Å². The minimum Gasteiger partial charge on any atom is -0.325 e. The monoisotopic (exact) mass is 234 g/mol. The van der Waals surface area contributed by atoms with Crippen molar-refractivity contribution in [3.63, 3.8) is 0 Å². The highest BCUT2D eigenvalue weighted by atomic mass is 16.2. The summed E-state index contributed by atoms with van der Waals surface area (Å²) >= 11 is 0. The number of hydrogen-bond donors (Lipinski definition) is 2. The average Bonchev–Trinajstić information content (AvgIpc) is 2.25. The van der Waals surface area contributed by atoms with Gasteiger partial charge in [0.1, 0.15) is 0 Å². The Hall–Kier alpha value is -1.35. The molecule has 94 valence electrons. The smallest absolute Gasteiger partial charge is 0.241 e. The van der Waals surface area contributed by atoms with Gasteiger partial charge in [-0.15, -0.1) is 0 Å². The lowest BCUT2D eigenvalue weighted by atomic mass is 9.99. The molecule has 3 N–H and O–H groups in total. The third-order valence-electron chi connectivity index (χ3n) is 3.05. The van der Waals surface area contributed by atoms with Crippen LogP contribution in [0.1, 0.15) is 31.4 Å². The fraction of sp³-hybridized carbons (Fsp3) is 0.500. The molecule has 0 saturated carbocycles. The Bertz CT molecular complexity index is 381. The number of rotatable bonds is 4. The van der Waals surface area contributed by atoms with Gasteiger partial charge in [0.15, 0.2) is 0 Å². The second-order valence-corrected chi connectivity index (χ2v) is 4.78. The van der Waals surface area contributed by atoms with Crippen molar-refractivity contribution in [2.75, 3.05) is 5.32 Å². The number of anilines is 1. The van der Waals surface area contributed by atoms with Gasteiger partial charge >= 0.3 is 0 Å². The number of aryl methyl sites for hydroxylation is 2. The van der Waals surface area contributed by atoms with E-state index in [1.807, 2.05) is 39.8 Å². The number of carbonyl (C=O) groups is 1. The van der Waals surface area contributed by atoms with Crippen LogP contribution in [0, 0.1) is 19.8 Å². The lowest BCUT2D eigenvalue weighted by Crippen LogP contribution is -2.40. The molecule has 0 saturated heterocycles. The van der Waals surface area contributed by atoms with Gasteiger partial charge in [0.05, 0.1) is 6.04 Å². The Morgan fingerprint density at radius 3 is 2.29 bits per heavy atom. The highest BCUT2D eigenvalue weighted by molar-refractivity contribution is 5.95. The second kappa shape index (κ2) is 5.82. The van der Waals surface area contributed by atoms with Crippen LogP contribution in [0.5, 0.6) is 0 Å². The van der Waals surface area contributed by atoms with Gasteiger partial charge in [-0.2, -0.15) is 0 Å². The van der Waals surface area contributed by atoms with Crippen LogP contribution >= 0.6 is 0 Å². The molecule has 0 aliphatic rings. The summed E-state index contributed by atoms with van der Waals surface area (Å²) in [6, 6.07) is 5.54. The maximum Gasteiger partial charge on any atom is 0.241 e. The van der Waals surface area contributed by atoms with E-state index >= 15 is 0 Å². The standard InChI is InChI=1S/C14H22N2O/c1-5-11(4)13(15)14(17)16-12-7-9(2)6-10(3)8-12/h6-8,11,13H,5,15H2,1-4H3,(H,16,17). The van der Waals surface area contributed by atoms with Gasteiger partial charge in [-0.3, -0.25) is 4.79 Å². The van der Waals surface area contributed by atoms with Gasteiger partial charge < -0.3 is 11.1 Å². The van der Waals surface area contributed by atoms with E-state index in [0.717, 1.165) is 23.2 Å². The van der Waals surface area contributed by atoms with E-state index in [0.29, 0.717) is 0 Å². The number of hydrogen-bond acceptors (Lipinski definition) is 2. The van der Waals surface area contributed by atoms with E-state index in [1.165, 1.54) is 0 Å². The molecule has 1 aromatic carbocycles. The van der Waals surface area contributed by atoms with Crippen molar-refractivity contribution in [1.29, 1.82) is 0 Å². The fourth-order valence-electron chi connectivity index (χ4n) is 1.78. The quantitative estimate of drug-likeness (QED) is 0.841. The van der Waals surface area contributed by atoms with Crippen molar-refractivity contribution in [1.82, 2.24) is 0 Å². The Morgan fingerprint density at radius 1 is 1.29 bits per heavy atom. The molecular formula is C14H22N2O. The van der Waals surface area contributed by atoms with Gasteiger partial charge in [0.2, 0.25) is 5.91 Å². The normalized spacial score (nSPS) is 14.2. The van der Waals surface area contributed by atoms with Crippen LogP contribution in [-0.4, -0.2) is 11.9 Å². The molecule has 1 aromatic rings. The first-order valence-corrected chi connectivity index (χ1v) is 6.08. The van der Waals surface area contributed by atoms with Crippen LogP contribution in [0.25, 0.3) is 0 Å². The van der Waals surface area contributed by atoms with E-state index in [4.69, 9.17) is 5.73 Å². The van der Waals surface area contributed by atoms with Crippen molar-refractivity contribution < 1.29 is 4.79 Å². The number of nitrogens with two attached hydrogens (primary N) is 1. The van der Waals surface area contributed by atoms with Crippen LogP contribution in [0.4, 0.5) is 5.69 Å². The average molecular weight is 234 g/mol. The highest BCUT2D eigenvalue weighted by Gasteiger charge is 2.19. The topological polar surface area (TPSA) is 55.1 Å². The zero-order chi connectivity index (χ0) is 13.0. The highest BCUT2D eigenvalue weighted by Crippen LogP contribution is 2.15. The Morgan fingerprint density at radius 2 is 1.82 bits per heavy atom. The number of amides is 1. The first-order valence-electron chi connectivity index (χ1n) is 6.08. The van der Waals surface area contributed by atoms with Crippen LogP contribution < -0.4 is 11.1 Å². The maximum absolute atomic E-state index is 11.9. The first-order chi connectivity index (χ1) is 7.93. The molecule has 1 amide bonds. The summed E-state index contributed by atoms with van der Waals surface area (Å²) in [6.45, 7) is 8.05. The third-order valence-corrected chi connectivity index (χ3v) is 3.05. The summed E-state index contributed by atoms with van der Waals surface area (Å²) in [7, 11) is 0. The van der Waals surface area contributed by atoms with Gasteiger partial charge in [-0.05, 0) is 43.0 Å². The molecule has 2 atom stereocenters. The lowest BCUT2D eigenvalue weighted by Gasteiger charge is -2.18. The molecule has 0 spiro atoms. The first kappa shape index (κ1) is 13.7. The zero-order valence-corrected chi connectivity index (χ0v) is 11.1. The van der Waals surface area contributed by atoms with Crippen LogP contribution in [0.15, 0.2) is 18.2 Å². The number of benzene rings is 1. The fourth-order valence-corrected chi connectivity index (χ4v) is 1.78. The van der Waals surface area contributed by atoms with Gasteiger partial charge in [-0.25, -0.2) is 0 Å². The molecule has 3 nitrogen and oxygen atoms in total. The molecule has 0 radical (unpaired) electrons. The van der Waals surface area contributed by atoms with Crippen LogP contribution in [0.3, 0.4) is 0 Å². The predicted octanol–water partition coefficient (Wildman–Crippen LogP) is 2.62. The van der Waals surface area contributed by atoms with E-state index in [-0.39, 0.29) is 11.8 Å². The van der Waals surface area contributed by atoms with Gasteiger partial charge in [0, 0.05) is 5.69 Å². The Balaban J connectivity index is 2.74. The van der Waals surface area contributed by atoms with Crippen molar-refractivity contribution in [3.8, 4) is 0 Å². The molecule has 0 fully saturated rings. The maximum atomic E-state index is 11.9. The predicted molar refractivity (Wildman–Crippen MR) is 72.0 cm³/mol. The van der Waals surface area contributed by atoms with Crippen molar-refractivity contribution in [2.45, 2.75) is 40.2 Å². The van der Waals surface area contributed by atoms with Crippen molar-refractivity contribution >= 4 is 11.6 Å². The van der Waals surface area contributed by atoms with Crippen molar-refractivity contribution in [2.24, 2.45) is 11.7 Å². The molecule has 2 unspecified atom stereocenters. The molecule has 3 heteroatoms. The largest absolute Gasteiger partial charge is 0.325 e. The summed E-state index contributed by atoms with van der Waals surface area (Å²) in [4.78, 5) is 11.9. The molecule has 0 aliphatic heterocycles. The molecule has 0 aromatic heterocycles. The van der Waals surface area contributed by atoms with E-state index < -0.39 is 6.04 Å². The molecule has 17 heavy (non-hydrogen) atoms. The SMILES string of the molecule is CCC(C)C(N)C(=O)Nc1cc(C)cc(C)c1. The molecule has 1 rings (SSSR count). The Labute approximate surface area is 103 Å². The lowest BCUT2D eigenvalue weighted by molar-refractivity contribution is -0.118. The van der Waals surface area contributed by atoms with Gasteiger partial charge in [0.25, 0.3) is 0 Å². The molecular weight excluding hydrogens is 212 g/mol. The van der Waals surface area contributed by atoms with Crippen molar-refractivity contribution in [3.05, 3.63) is 29.3 Å². The van der Waals surface area contributed by atoms with Gasteiger partial charge in [-0.1, -0.05) is 26.3 Å². The van der Waals surface area contributed by atoms with E-state index in [9.17, 15) is 4.79 Å². The van der Waals surface area contributed by atoms with Crippen LogP contribution in [-0.2, 0) is 4.79 Å². The molecule has 0 heterocycles. The zero-order valence-electron chi connectivity index (χ0n) is 11.1. The molecule has 0 aliphatic carbocycles. The Kier molecular flexibility index (Phi) is 4.70. The third kappa shape index (κ3) is 3.86. The minimum absolute atomic E-state index is 0.107.